The van der Waals surface area contributed by atoms with Gasteiger partial charge in [0.25, 0.3) is 0 Å². The minimum absolute atomic E-state index is 0.0350. The van der Waals surface area contributed by atoms with E-state index in [1.165, 1.54) is 0 Å². The number of hydrogen-bond acceptors (Lipinski definition) is 7. The highest BCUT2D eigenvalue weighted by Crippen LogP contribution is 2.14. The van der Waals surface area contributed by atoms with Crippen LogP contribution >= 0.6 is 0 Å². The summed E-state index contributed by atoms with van der Waals surface area (Å²) in [6, 6.07) is 9.25. The van der Waals surface area contributed by atoms with Gasteiger partial charge in [-0.25, -0.2) is 4.98 Å². The molecule has 0 amide bonds. The smallest absolute Gasteiger partial charge is 0.210 e. The van der Waals surface area contributed by atoms with E-state index in [-0.39, 0.29) is 6.61 Å². The number of imidazole rings is 1. The molecule has 0 radical (unpaired) electrons. The molecule has 1 aromatic carbocycles. The Balaban J connectivity index is 1.50. The topological polar surface area (TPSA) is 103 Å². The van der Waals surface area contributed by atoms with Gasteiger partial charge in [0, 0.05) is 37.1 Å². The SMILES string of the molecule is C[C@H](O)c1nccn1Cc1cc(C#Cc2ccc(OCCCOCCO)cc2)on1. The van der Waals surface area contributed by atoms with Crippen LogP contribution < -0.4 is 4.74 Å². The van der Waals surface area contributed by atoms with E-state index >= 15 is 0 Å². The third-order valence-electron chi connectivity index (χ3n) is 4.13. The highest BCUT2D eigenvalue weighted by molar-refractivity contribution is 5.41. The summed E-state index contributed by atoms with van der Waals surface area (Å²) in [5.74, 6) is 7.80. The lowest BCUT2D eigenvalue weighted by atomic mass is 10.2. The van der Waals surface area contributed by atoms with Crippen LogP contribution in [-0.2, 0) is 11.3 Å². The van der Waals surface area contributed by atoms with E-state index in [2.05, 4.69) is 22.0 Å². The summed E-state index contributed by atoms with van der Waals surface area (Å²) in [4.78, 5) is 4.14. The van der Waals surface area contributed by atoms with Gasteiger partial charge in [-0.1, -0.05) is 11.1 Å². The summed E-state index contributed by atoms with van der Waals surface area (Å²) in [7, 11) is 0. The van der Waals surface area contributed by atoms with Gasteiger partial charge in [-0.3, -0.25) is 0 Å². The fourth-order valence-electron chi connectivity index (χ4n) is 2.73. The van der Waals surface area contributed by atoms with Crippen LogP contribution in [-0.4, -0.2) is 51.3 Å². The van der Waals surface area contributed by atoms with Gasteiger partial charge in [0.15, 0.2) is 0 Å². The van der Waals surface area contributed by atoms with E-state index in [0.717, 1.165) is 17.7 Å². The van der Waals surface area contributed by atoms with Crippen molar-refractivity contribution in [3.05, 3.63) is 65.6 Å². The maximum absolute atomic E-state index is 9.73. The summed E-state index contributed by atoms with van der Waals surface area (Å²) in [5.41, 5.74) is 1.53. The Kier molecular flexibility index (Phi) is 8.03. The maximum Gasteiger partial charge on any atom is 0.210 e. The Labute approximate surface area is 175 Å². The summed E-state index contributed by atoms with van der Waals surface area (Å²) >= 11 is 0. The van der Waals surface area contributed by atoms with Crippen LogP contribution in [0, 0.1) is 11.8 Å². The van der Waals surface area contributed by atoms with Gasteiger partial charge in [-0.15, -0.1) is 0 Å². The number of nitrogens with zero attached hydrogens (tertiary/aromatic N) is 3. The average Bonchev–Trinajstić information content (AvgIpc) is 3.40. The normalized spacial score (nSPS) is 11.7. The standard InChI is InChI=1S/C22H25N3O5/c1-17(27)22-23-9-10-25(22)16-19-15-21(30-24-19)8-5-18-3-6-20(7-4-18)29-13-2-12-28-14-11-26/h3-4,6-7,9-10,15,17,26-27H,2,11-14,16H2,1H3/t17-/m0/s1. The molecule has 2 heterocycles. The lowest BCUT2D eigenvalue weighted by Crippen LogP contribution is -2.07. The number of aliphatic hydroxyl groups excluding tert-OH is 2. The van der Waals surface area contributed by atoms with Crippen LogP contribution in [0.25, 0.3) is 0 Å². The Morgan fingerprint density at radius 2 is 2.00 bits per heavy atom. The van der Waals surface area contributed by atoms with Crippen molar-refractivity contribution in [3.8, 4) is 17.6 Å². The zero-order valence-electron chi connectivity index (χ0n) is 16.8. The largest absolute Gasteiger partial charge is 0.494 e. The van der Waals surface area contributed by atoms with Gasteiger partial charge >= 0.3 is 0 Å². The summed E-state index contributed by atoms with van der Waals surface area (Å²) in [5, 5.41) is 22.4. The molecule has 158 valence electrons. The molecule has 0 spiro atoms. The molecular weight excluding hydrogens is 386 g/mol. The molecule has 0 bridgehead atoms. The van der Waals surface area contributed by atoms with Crippen LogP contribution in [0.4, 0.5) is 0 Å². The molecule has 0 aliphatic heterocycles. The Hall–Kier alpha value is -3.12. The maximum atomic E-state index is 9.73. The van der Waals surface area contributed by atoms with E-state index < -0.39 is 6.10 Å². The first-order valence-corrected chi connectivity index (χ1v) is 9.74. The molecule has 2 N–H and O–H groups in total. The van der Waals surface area contributed by atoms with Crippen LogP contribution in [0.15, 0.2) is 47.2 Å². The lowest BCUT2D eigenvalue weighted by Gasteiger charge is -2.07. The van der Waals surface area contributed by atoms with Crippen molar-refractivity contribution < 1.29 is 24.2 Å². The first-order chi connectivity index (χ1) is 14.7. The fraction of sp³-hybridized carbons (Fsp3) is 0.364. The zero-order valence-corrected chi connectivity index (χ0v) is 16.8. The molecule has 0 aliphatic rings. The van der Waals surface area contributed by atoms with Crippen LogP contribution in [0.2, 0.25) is 0 Å². The van der Waals surface area contributed by atoms with Crippen molar-refractivity contribution >= 4 is 0 Å². The molecule has 0 fully saturated rings. The number of aromatic nitrogens is 3. The van der Waals surface area contributed by atoms with Crippen LogP contribution in [0.5, 0.6) is 5.75 Å². The summed E-state index contributed by atoms with van der Waals surface area (Å²) < 4.78 is 17.9. The van der Waals surface area contributed by atoms with Crippen molar-refractivity contribution in [3.63, 3.8) is 0 Å². The molecule has 3 aromatic rings. The van der Waals surface area contributed by atoms with Crippen molar-refractivity contribution in [1.82, 2.24) is 14.7 Å². The van der Waals surface area contributed by atoms with Gasteiger partial charge in [0.2, 0.25) is 5.76 Å². The monoisotopic (exact) mass is 411 g/mol. The molecular formula is C22H25N3O5. The molecule has 1 atom stereocenters. The minimum Gasteiger partial charge on any atom is -0.494 e. The Morgan fingerprint density at radius 3 is 2.77 bits per heavy atom. The Morgan fingerprint density at radius 1 is 1.17 bits per heavy atom. The average molecular weight is 411 g/mol. The predicted molar refractivity (Wildman–Crippen MR) is 109 cm³/mol. The van der Waals surface area contributed by atoms with Crippen LogP contribution in [0.1, 0.15) is 42.3 Å². The molecule has 0 aliphatic carbocycles. The van der Waals surface area contributed by atoms with Crippen LogP contribution in [0.3, 0.4) is 0 Å². The fourth-order valence-corrected chi connectivity index (χ4v) is 2.73. The van der Waals surface area contributed by atoms with E-state index in [0.29, 0.717) is 43.6 Å². The number of benzene rings is 1. The van der Waals surface area contributed by atoms with Crippen molar-refractivity contribution in [2.24, 2.45) is 0 Å². The lowest BCUT2D eigenvalue weighted by molar-refractivity contribution is 0.0836. The first-order valence-electron chi connectivity index (χ1n) is 9.74. The second-order valence-corrected chi connectivity index (χ2v) is 6.58. The number of ether oxygens (including phenoxy) is 2. The minimum atomic E-state index is -0.655. The van der Waals surface area contributed by atoms with Gasteiger partial charge < -0.3 is 28.8 Å². The molecule has 2 aromatic heterocycles. The molecule has 0 saturated carbocycles. The summed E-state index contributed by atoms with van der Waals surface area (Å²) in [6.07, 6.45) is 3.53. The van der Waals surface area contributed by atoms with Gasteiger partial charge in [0.1, 0.15) is 23.4 Å². The molecule has 0 unspecified atom stereocenters. The second kappa shape index (κ2) is 11.2. The van der Waals surface area contributed by atoms with Crippen molar-refractivity contribution in [2.45, 2.75) is 26.0 Å². The van der Waals surface area contributed by atoms with E-state index in [9.17, 15) is 5.11 Å². The van der Waals surface area contributed by atoms with E-state index in [4.69, 9.17) is 19.1 Å². The number of hydrogen-bond donors (Lipinski definition) is 2. The molecule has 30 heavy (non-hydrogen) atoms. The highest BCUT2D eigenvalue weighted by atomic mass is 16.5. The molecule has 3 rings (SSSR count). The molecule has 0 saturated heterocycles. The third kappa shape index (κ3) is 6.46. The third-order valence-corrected chi connectivity index (χ3v) is 4.13. The van der Waals surface area contributed by atoms with Crippen molar-refractivity contribution in [1.29, 1.82) is 0 Å². The molecule has 8 heteroatoms. The quantitative estimate of drug-likeness (QED) is 0.389. The van der Waals surface area contributed by atoms with E-state index in [1.54, 1.807) is 25.4 Å². The van der Waals surface area contributed by atoms with Gasteiger partial charge in [-0.05, 0) is 37.1 Å². The van der Waals surface area contributed by atoms with Crippen molar-refractivity contribution in [2.75, 3.05) is 26.4 Å². The summed E-state index contributed by atoms with van der Waals surface area (Å²) in [6.45, 7) is 3.61. The number of aliphatic hydroxyl groups is 2. The van der Waals surface area contributed by atoms with Gasteiger partial charge in [-0.2, -0.15) is 0 Å². The van der Waals surface area contributed by atoms with E-state index in [1.807, 2.05) is 28.8 Å². The number of rotatable bonds is 10. The second-order valence-electron chi connectivity index (χ2n) is 6.58. The Bertz CT molecular complexity index is 967. The first kappa shape index (κ1) is 21.6. The molecule has 8 nitrogen and oxygen atoms in total. The zero-order chi connectivity index (χ0) is 21.2. The van der Waals surface area contributed by atoms with Gasteiger partial charge in [0.05, 0.1) is 26.4 Å². The highest BCUT2D eigenvalue weighted by Gasteiger charge is 2.10. The predicted octanol–water partition coefficient (Wildman–Crippen LogP) is 2.15.